The van der Waals surface area contributed by atoms with E-state index < -0.39 is 0 Å². The van der Waals surface area contributed by atoms with Gasteiger partial charge in [0.25, 0.3) is 0 Å². The smallest absolute Gasteiger partial charge is 0.119 e. The molecule has 1 saturated carbocycles. The fourth-order valence-electron chi connectivity index (χ4n) is 2.59. The highest BCUT2D eigenvalue weighted by molar-refractivity contribution is 9.10. The number of halogens is 1. The van der Waals surface area contributed by atoms with Crippen LogP contribution in [-0.2, 0) is 0 Å². The molecule has 0 aliphatic heterocycles. The van der Waals surface area contributed by atoms with Crippen molar-refractivity contribution in [3.8, 4) is 5.75 Å². The normalized spacial score (nSPS) is 18.3. The van der Waals surface area contributed by atoms with Gasteiger partial charge in [-0.25, -0.2) is 0 Å². The highest BCUT2D eigenvalue weighted by Crippen LogP contribution is 2.36. The van der Waals surface area contributed by atoms with Gasteiger partial charge in [0.05, 0.1) is 13.2 Å². The minimum absolute atomic E-state index is 0.387. The maximum atomic E-state index is 10.3. The number of benzene rings is 1. The molecule has 1 aromatic carbocycles. The van der Waals surface area contributed by atoms with Crippen molar-refractivity contribution in [2.24, 2.45) is 5.92 Å². The van der Waals surface area contributed by atoms with Gasteiger partial charge in [-0.3, -0.25) is 0 Å². The molecule has 1 fully saturated rings. The third-order valence-electron chi connectivity index (χ3n) is 3.59. The standard InChI is InChI=1S/C14H19BrO2/c1-17-11-6-7-13(15)12(9-11)14(16)8-10-4-2-3-5-10/h6-7,9-10,14,16H,2-5,8H2,1H3. The van der Waals surface area contributed by atoms with Crippen molar-refractivity contribution in [2.75, 3.05) is 7.11 Å². The zero-order valence-corrected chi connectivity index (χ0v) is 11.7. The molecule has 2 nitrogen and oxygen atoms in total. The van der Waals surface area contributed by atoms with Crippen LogP contribution in [0.1, 0.15) is 43.8 Å². The predicted molar refractivity (Wildman–Crippen MR) is 72.2 cm³/mol. The SMILES string of the molecule is COc1ccc(Br)c(C(O)CC2CCCC2)c1. The van der Waals surface area contributed by atoms with E-state index in [0.29, 0.717) is 5.92 Å². The minimum atomic E-state index is -0.387. The number of hydrogen-bond donors (Lipinski definition) is 1. The topological polar surface area (TPSA) is 29.5 Å². The summed E-state index contributed by atoms with van der Waals surface area (Å²) in [6.07, 6.45) is 5.64. The quantitative estimate of drug-likeness (QED) is 0.908. The van der Waals surface area contributed by atoms with Crippen molar-refractivity contribution in [2.45, 2.75) is 38.2 Å². The maximum Gasteiger partial charge on any atom is 0.119 e. The summed E-state index contributed by atoms with van der Waals surface area (Å²) in [7, 11) is 1.65. The number of aliphatic hydroxyl groups excluding tert-OH is 1. The lowest BCUT2D eigenvalue weighted by molar-refractivity contribution is 0.144. The van der Waals surface area contributed by atoms with Gasteiger partial charge in [0.2, 0.25) is 0 Å². The molecule has 17 heavy (non-hydrogen) atoms. The molecule has 0 spiro atoms. The summed E-state index contributed by atoms with van der Waals surface area (Å²) in [6, 6.07) is 5.76. The molecule has 0 bridgehead atoms. The van der Waals surface area contributed by atoms with Gasteiger partial charge in [0, 0.05) is 4.47 Å². The van der Waals surface area contributed by atoms with Gasteiger partial charge in [-0.15, -0.1) is 0 Å². The number of hydrogen-bond acceptors (Lipinski definition) is 2. The second kappa shape index (κ2) is 5.87. The molecule has 2 rings (SSSR count). The second-order valence-electron chi connectivity index (χ2n) is 4.79. The van der Waals surface area contributed by atoms with Gasteiger partial charge in [0.15, 0.2) is 0 Å². The van der Waals surface area contributed by atoms with Crippen LogP contribution >= 0.6 is 15.9 Å². The van der Waals surface area contributed by atoms with E-state index in [9.17, 15) is 5.11 Å². The van der Waals surface area contributed by atoms with Crippen LogP contribution in [0.25, 0.3) is 0 Å². The Balaban J connectivity index is 2.08. The van der Waals surface area contributed by atoms with Gasteiger partial charge in [-0.1, -0.05) is 41.6 Å². The molecular formula is C14H19BrO2. The van der Waals surface area contributed by atoms with Crippen LogP contribution in [0.3, 0.4) is 0 Å². The predicted octanol–water partition coefficient (Wildman–Crippen LogP) is 4.07. The summed E-state index contributed by atoms with van der Waals surface area (Å²) in [5.41, 5.74) is 0.941. The van der Waals surface area contributed by atoms with Crippen LogP contribution in [-0.4, -0.2) is 12.2 Å². The van der Waals surface area contributed by atoms with E-state index in [-0.39, 0.29) is 6.10 Å². The number of rotatable bonds is 4. The van der Waals surface area contributed by atoms with Crippen molar-refractivity contribution in [1.29, 1.82) is 0 Å². The van der Waals surface area contributed by atoms with Gasteiger partial charge in [-0.2, -0.15) is 0 Å². The Morgan fingerprint density at radius 1 is 1.41 bits per heavy atom. The lowest BCUT2D eigenvalue weighted by Gasteiger charge is -2.17. The fraction of sp³-hybridized carbons (Fsp3) is 0.571. The van der Waals surface area contributed by atoms with Crippen LogP contribution in [0.2, 0.25) is 0 Å². The maximum absolute atomic E-state index is 10.3. The van der Waals surface area contributed by atoms with Crippen molar-refractivity contribution < 1.29 is 9.84 Å². The van der Waals surface area contributed by atoms with E-state index in [1.54, 1.807) is 7.11 Å². The van der Waals surface area contributed by atoms with Crippen LogP contribution < -0.4 is 4.74 Å². The second-order valence-corrected chi connectivity index (χ2v) is 5.64. The first-order chi connectivity index (χ1) is 8.20. The summed E-state index contributed by atoms with van der Waals surface area (Å²) in [5, 5.41) is 10.3. The van der Waals surface area contributed by atoms with E-state index in [0.717, 1.165) is 22.2 Å². The molecule has 1 N–H and O–H groups in total. The largest absolute Gasteiger partial charge is 0.497 e. The summed E-state index contributed by atoms with van der Waals surface area (Å²) in [6.45, 7) is 0. The van der Waals surface area contributed by atoms with E-state index in [2.05, 4.69) is 15.9 Å². The summed E-state index contributed by atoms with van der Waals surface area (Å²) in [5.74, 6) is 1.48. The first kappa shape index (κ1) is 12.9. The molecule has 0 saturated heterocycles. The Labute approximate surface area is 111 Å². The molecule has 1 aromatic rings. The lowest BCUT2D eigenvalue weighted by Crippen LogP contribution is -2.05. The van der Waals surface area contributed by atoms with Crippen LogP contribution in [0.4, 0.5) is 0 Å². The van der Waals surface area contributed by atoms with Crippen molar-refractivity contribution in [3.63, 3.8) is 0 Å². The molecule has 1 atom stereocenters. The van der Waals surface area contributed by atoms with Crippen LogP contribution in [0, 0.1) is 5.92 Å². The summed E-state index contributed by atoms with van der Waals surface area (Å²) in [4.78, 5) is 0. The molecule has 1 aliphatic rings. The highest BCUT2D eigenvalue weighted by Gasteiger charge is 2.21. The molecule has 0 aromatic heterocycles. The lowest BCUT2D eigenvalue weighted by atomic mass is 9.95. The zero-order chi connectivity index (χ0) is 12.3. The molecule has 3 heteroatoms. The van der Waals surface area contributed by atoms with Crippen molar-refractivity contribution in [3.05, 3.63) is 28.2 Å². The van der Waals surface area contributed by atoms with E-state index >= 15 is 0 Å². The number of methoxy groups -OCH3 is 1. The van der Waals surface area contributed by atoms with E-state index in [4.69, 9.17) is 4.74 Å². The molecule has 94 valence electrons. The van der Waals surface area contributed by atoms with Crippen LogP contribution in [0.5, 0.6) is 5.75 Å². The Hall–Kier alpha value is -0.540. The average Bonchev–Trinajstić information content (AvgIpc) is 2.82. The molecular weight excluding hydrogens is 280 g/mol. The first-order valence-electron chi connectivity index (χ1n) is 6.22. The first-order valence-corrected chi connectivity index (χ1v) is 7.01. The molecule has 0 amide bonds. The zero-order valence-electron chi connectivity index (χ0n) is 10.2. The third-order valence-corrected chi connectivity index (χ3v) is 4.32. The summed E-state index contributed by atoms with van der Waals surface area (Å²) < 4.78 is 6.16. The van der Waals surface area contributed by atoms with E-state index in [1.807, 2.05) is 18.2 Å². The highest BCUT2D eigenvalue weighted by atomic mass is 79.9. The Morgan fingerprint density at radius 2 is 2.12 bits per heavy atom. The van der Waals surface area contributed by atoms with Crippen molar-refractivity contribution >= 4 is 15.9 Å². The van der Waals surface area contributed by atoms with Gasteiger partial charge < -0.3 is 9.84 Å². The fourth-order valence-corrected chi connectivity index (χ4v) is 3.10. The Morgan fingerprint density at radius 3 is 2.76 bits per heavy atom. The molecule has 1 aliphatic carbocycles. The molecule has 1 unspecified atom stereocenters. The Kier molecular flexibility index (Phi) is 4.46. The Bertz CT molecular complexity index is 372. The number of aliphatic hydroxyl groups is 1. The third kappa shape index (κ3) is 3.23. The average molecular weight is 299 g/mol. The number of ether oxygens (including phenoxy) is 1. The van der Waals surface area contributed by atoms with Crippen LogP contribution in [0.15, 0.2) is 22.7 Å². The minimum Gasteiger partial charge on any atom is -0.497 e. The molecule has 0 radical (unpaired) electrons. The summed E-state index contributed by atoms with van der Waals surface area (Å²) >= 11 is 3.49. The monoisotopic (exact) mass is 298 g/mol. The van der Waals surface area contributed by atoms with Gasteiger partial charge >= 0.3 is 0 Å². The van der Waals surface area contributed by atoms with Gasteiger partial charge in [-0.05, 0) is 36.1 Å². The van der Waals surface area contributed by atoms with E-state index in [1.165, 1.54) is 25.7 Å². The molecule has 0 heterocycles. The van der Waals surface area contributed by atoms with Gasteiger partial charge in [0.1, 0.15) is 5.75 Å². The van der Waals surface area contributed by atoms with Crippen molar-refractivity contribution in [1.82, 2.24) is 0 Å².